The maximum Gasteiger partial charge on any atom is 0.472 e. The first-order valence-electron chi connectivity index (χ1n) is 25.6. The summed E-state index contributed by atoms with van der Waals surface area (Å²) in [5, 5.41) is 64.1. The number of allylic oxidation sites excluding steroid dienone is 1. The van der Waals surface area contributed by atoms with Gasteiger partial charge in [0.25, 0.3) is 0 Å². The number of phosphoric ester groups is 1. The topological polar surface area (TPSA) is 206 Å². The number of aliphatic hydroxyl groups excluding tert-OH is 6. The molecule has 1 aliphatic carbocycles. The van der Waals surface area contributed by atoms with E-state index in [1.54, 1.807) is 0 Å². The third-order valence-electron chi connectivity index (χ3n) is 12.6. The Hall–Kier alpha value is -0.920. The summed E-state index contributed by atoms with van der Waals surface area (Å²) in [4.78, 5) is 23.4. The molecule has 0 saturated heterocycles. The number of amides is 1. The van der Waals surface area contributed by atoms with Gasteiger partial charge in [-0.15, -0.1) is 0 Å². The highest BCUT2D eigenvalue weighted by atomic mass is 31.2. The van der Waals surface area contributed by atoms with Crippen LogP contribution in [0.4, 0.5) is 0 Å². The van der Waals surface area contributed by atoms with Crippen LogP contribution in [-0.2, 0) is 18.4 Å². The summed E-state index contributed by atoms with van der Waals surface area (Å²) in [6.07, 6.45) is 32.8. The van der Waals surface area contributed by atoms with Crippen LogP contribution in [0.25, 0.3) is 0 Å². The second-order valence-electron chi connectivity index (χ2n) is 18.4. The fourth-order valence-corrected chi connectivity index (χ4v) is 9.34. The lowest BCUT2D eigenvalue weighted by Crippen LogP contribution is -2.64. The van der Waals surface area contributed by atoms with Crippen molar-refractivity contribution in [3.8, 4) is 0 Å². The van der Waals surface area contributed by atoms with Crippen molar-refractivity contribution in [3.63, 3.8) is 0 Å². The van der Waals surface area contributed by atoms with Crippen LogP contribution >= 0.6 is 7.82 Å². The summed E-state index contributed by atoms with van der Waals surface area (Å²) in [6.45, 7) is 3.86. The normalized spacial score (nSPS) is 22.5. The summed E-state index contributed by atoms with van der Waals surface area (Å²) in [6, 6.07) is -1.11. The maximum atomic E-state index is 13.0. The summed E-state index contributed by atoms with van der Waals surface area (Å²) < 4.78 is 23.0. The van der Waals surface area contributed by atoms with Crippen molar-refractivity contribution in [2.45, 2.75) is 287 Å². The Kier molecular flexibility index (Phi) is 37.4. The highest BCUT2D eigenvalue weighted by molar-refractivity contribution is 7.47. The van der Waals surface area contributed by atoms with Crippen molar-refractivity contribution in [1.82, 2.24) is 5.32 Å². The molecule has 1 fully saturated rings. The standard InChI is InChI=1S/C49H96NO11P/c1-3-5-7-9-11-13-15-17-19-20-21-22-23-24-25-27-29-31-33-35-37-39-43(52)50-41(40-60-62(58,59)61-49-47(56)45(54)44(53)46(55)48(49)57)42(51)38-36-34-32-30-28-26-18-16-14-12-10-8-6-4-2/h36,38,41-42,44-49,51,53-57H,3-35,37,39-40H2,1-2H3,(H,50,52)(H,58,59)/b38-36+/t41-,42+,44?,45+,46?,47?,48?,49?/m0/s1. The van der Waals surface area contributed by atoms with E-state index in [-0.39, 0.29) is 12.3 Å². The molecule has 0 bridgehead atoms. The average Bonchev–Trinajstić information content (AvgIpc) is 3.25. The predicted molar refractivity (Wildman–Crippen MR) is 251 cm³/mol. The highest BCUT2D eigenvalue weighted by Gasteiger charge is 2.51. The molecule has 368 valence electrons. The quantitative estimate of drug-likeness (QED) is 0.0164. The summed E-state index contributed by atoms with van der Waals surface area (Å²) in [5.74, 6) is -0.336. The fourth-order valence-electron chi connectivity index (χ4n) is 8.38. The van der Waals surface area contributed by atoms with E-state index in [0.717, 1.165) is 44.9 Å². The van der Waals surface area contributed by atoms with Crippen LogP contribution in [-0.4, -0.2) is 96.8 Å². The lowest BCUT2D eigenvalue weighted by molar-refractivity contribution is -0.220. The van der Waals surface area contributed by atoms with E-state index in [9.17, 15) is 44.9 Å². The molecule has 1 aliphatic rings. The Morgan fingerprint density at radius 3 is 1.23 bits per heavy atom. The molecule has 0 aromatic heterocycles. The molecular weight excluding hydrogens is 810 g/mol. The van der Waals surface area contributed by atoms with Gasteiger partial charge < -0.3 is 40.8 Å². The van der Waals surface area contributed by atoms with Gasteiger partial charge in [-0.05, 0) is 19.3 Å². The number of carbonyl (C=O) groups excluding carboxylic acids is 1. The zero-order chi connectivity index (χ0) is 45.7. The molecule has 62 heavy (non-hydrogen) atoms. The zero-order valence-corrected chi connectivity index (χ0v) is 40.3. The number of rotatable bonds is 43. The molecule has 9 atom stereocenters. The van der Waals surface area contributed by atoms with E-state index < -0.39 is 63.2 Å². The minimum atomic E-state index is -5.08. The molecular formula is C49H96NO11P. The summed E-state index contributed by atoms with van der Waals surface area (Å²) in [7, 11) is -5.08. The van der Waals surface area contributed by atoms with E-state index in [1.807, 2.05) is 6.08 Å². The maximum absolute atomic E-state index is 13.0. The second kappa shape index (κ2) is 39.3. The number of aliphatic hydroxyl groups is 6. The SMILES string of the molecule is CCCCCCCCCCCCCC/C=C/[C@@H](O)[C@H](COP(=O)(O)OC1C(O)C(O)C(O)[C@@H](O)C1O)NC(=O)CCCCCCCCCCCCCCCCCCCCCCC. The van der Waals surface area contributed by atoms with E-state index in [2.05, 4.69) is 19.2 Å². The van der Waals surface area contributed by atoms with E-state index in [1.165, 1.54) is 173 Å². The fraction of sp³-hybridized carbons (Fsp3) is 0.939. The number of unbranched alkanes of at least 4 members (excludes halogenated alkanes) is 32. The Morgan fingerprint density at radius 1 is 0.532 bits per heavy atom. The van der Waals surface area contributed by atoms with Crippen molar-refractivity contribution in [3.05, 3.63) is 12.2 Å². The van der Waals surface area contributed by atoms with Gasteiger partial charge in [0, 0.05) is 6.42 Å². The third kappa shape index (κ3) is 30.3. The van der Waals surface area contributed by atoms with Gasteiger partial charge in [-0.2, -0.15) is 0 Å². The lowest BCUT2D eigenvalue weighted by Gasteiger charge is -2.41. The van der Waals surface area contributed by atoms with Gasteiger partial charge in [0.05, 0.1) is 18.8 Å². The first-order chi connectivity index (χ1) is 29.9. The average molecular weight is 906 g/mol. The third-order valence-corrected chi connectivity index (χ3v) is 13.6. The van der Waals surface area contributed by atoms with Crippen LogP contribution in [0.1, 0.15) is 239 Å². The van der Waals surface area contributed by atoms with Crippen molar-refractivity contribution in [2.75, 3.05) is 6.61 Å². The molecule has 1 rings (SSSR count). The molecule has 0 radical (unpaired) electrons. The molecule has 6 unspecified atom stereocenters. The number of nitrogens with one attached hydrogen (secondary N) is 1. The van der Waals surface area contributed by atoms with Gasteiger partial charge >= 0.3 is 7.82 Å². The first-order valence-corrected chi connectivity index (χ1v) is 27.1. The largest absolute Gasteiger partial charge is 0.472 e. The highest BCUT2D eigenvalue weighted by Crippen LogP contribution is 2.47. The molecule has 0 heterocycles. The van der Waals surface area contributed by atoms with Crippen molar-refractivity contribution in [2.24, 2.45) is 0 Å². The minimum Gasteiger partial charge on any atom is -0.387 e. The van der Waals surface area contributed by atoms with Crippen LogP contribution in [0.3, 0.4) is 0 Å². The molecule has 12 nitrogen and oxygen atoms in total. The van der Waals surface area contributed by atoms with Crippen molar-refractivity contribution < 1.29 is 53.9 Å². The van der Waals surface area contributed by atoms with Gasteiger partial charge in [-0.25, -0.2) is 4.57 Å². The van der Waals surface area contributed by atoms with Crippen LogP contribution < -0.4 is 5.32 Å². The van der Waals surface area contributed by atoms with Gasteiger partial charge in [-0.3, -0.25) is 13.8 Å². The van der Waals surface area contributed by atoms with E-state index in [0.29, 0.717) is 6.42 Å². The number of hydrogen-bond acceptors (Lipinski definition) is 10. The Labute approximate surface area is 378 Å². The molecule has 0 aromatic rings. The number of hydrogen-bond donors (Lipinski definition) is 8. The van der Waals surface area contributed by atoms with Crippen molar-refractivity contribution in [1.29, 1.82) is 0 Å². The summed E-state index contributed by atoms with van der Waals surface area (Å²) in [5.41, 5.74) is 0. The second-order valence-corrected chi connectivity index (χ2v) is 19.8. The molecule has 0 aliphatic heterocycles. The summed E-state index contributed by atoms with van der Waals surface area (Å²) >= 11 is 0. The van der Waals surface area contributed by atoms with E-state index >= 15 is 0 Å². The Bertz CT molecular complexity index is 1100. The molecule has 0 spiro atoms. The zero-order valence-electron chi connectivity index (χ0n) is 39.4. The van der Waals surface area contributed by atoms with Crippen LogP contribution in [0, 0.1) is 0 Å². The smallest absolute Gasteiger partial charge is 0.387 e. The molecule has 8 N–H and O–H groups in total. The first kappa shape index (κ1) is 59.1. The monoisotopic (exact) mass is 906 g/mol. The Balaban J connectivity index is 2.40. The van der Waals surface area contributed by atoms with Crippen LogP contribution in [0.5, 0.6) is 0 Å². The van der Waals surface area contributed by atoms with Gasteiger partial charge in [0.2, 0.25) is 5.91 Å². The van der Waals surface area contributed by atoms with Gasteiger partial charge in [0.1, 0.15) is 36.6 Å². The Morgan fingerprint density at radius 2 is 0.855 bits per heavy atom. The number of phosphoric acid groups is 1. The molecule has 1 amide bonds. The van der Waals surface area contributed by atoms with Gasteiger partial charge in [0.15, 0.2) is 0 Å². The van der Waals surface area contributed by atoms with E-state index in [4.69, 9.17) is 9.05 Å². The molecule has 13 heteroatoms. The molecule has 0 aromatic carbocycles. The minimum absolute atomic E-state index is 0.219. The van der Waals surface area contributed by atoms with Crippen molar-refractivity contribution >= 4 is 13.7 Å². The number of carbonyl (C=O) groups is 1. The predicted octanol–water partition coefficient (Wildman–Crippen LogP) is 10.4. The van der Waals surface area contributed by atoms with Crippen LogP contribution in [0.2, 0.25) is 0 Å². The van der Waals surface area contributed by atoms with Crippen LogP contribution in [0.15, 0.2) is 12.2 Å². The van der Waals surface area contributed by atoms with Gasteiger partial charge in [-0.1, -0.05) is 225 Å². The lowest BCUT2D eigenvalue weighted by atomic mass is 9.85. The molecule has 1 saturated carbocycles.